The topological polar surface area (TPSA) is 29.1 Å². The monoisotopic (exact) mass is 263 g/mol. The Kier molecular flexibility index (Phi) is 4.47. The number of nitrogens with one attached hydrogen (secondary N) is 1. The second-order valence-corrected chi connectivity index (χ2v) is 5.02. The van der Waals surface area contributed by atoms with E-state index in [1.165, 1.54) is 17.0 Å². The van der Waals surface area contributed by atoms with Gasteiger partial charge in [-0.15, -0.1) is 11.3 Å². The van der Waals surface area contributed by atoms with Crippen LogP contribution in [0.5, 0.6) is 0 Å². The van der Waals surface area contributed by atoms with Gasteiger partial charge in [0.05, 0.1) is 0 Å². The molecule has 0 saturated heterocycles. The summed E-state index contributed by atoms with van der Waals surface area (Å²) in [7, 11) is 0. The predicted molar refractivity (Wildman–Crippen MR) is 72.3 cm³/mol. The Morgan fingerprint density at radius 1 is 1.28 bits per heavy atom. The van der Waals surface area contributed by atoms with E-state index in [0.717, 1.165) is 12.8 Å². The summed E-state index contributed by atoms with van der Waals surface area (Å²) >= 11 is 1.70. The minimum absolute atomic E-state index is 0.0721. The molecular weight excluding hydrogens is 249 g/mol. The van der Waals surface area contributed by atoms with Crippen molar-refractivity contribution < 1.29 is 9.18 Å². The van der Waals surface area contributed by atoms with Crippen molar-refractivity contribution in [3.8, 4) is 0 Å². The SMILES string of the molecule is O=C(CCCc1cccs1)Nc1cccc(F)c1. The molecule has 0 aliphatic heterocycles. The Balaban J connectivity index is 1.75. The summed E-state index contributed by atoms with van der Waals surface area (Å²) in [4.78, 5) is 12.9. The Labute approximate surface area is 109 Å². The van der Waals surface area contributed by atoms with Gasteiger partial charge in [0.15, 0.2) is 0 Å². The number of benzene rings is 1. The van der Waals surface area contributed by atoms with Gasteiger partial charge in [-0.2, -0.15) is 0 Å². The molecule has 18 heavy (non-hydrogen) atoms. The number of hydrogen-bond donors (Lipinski definition) is 1. The highest BCUT2D eigenvalue weighted by molar-refractivity contribution is 7.09. The summed E-state index contributed by atoms with van der Waals surface area (Å²) in [5, 5.41) is 4.72. The minimum Gasteiger partial charge on any atom is -0.326 e. The van der Waals surface area contributed by atoms with Crippen LogP contribution in [-0.4, -0.2) is 5.91 Å². The van der Waals surface area contributed by atoms with Gasteiger partial charge in [-0.3, -0.25) is 4.79 Å². The first-order valence-electron chi connectivity index (χ1n) is 5.82. The molecule has 0 spiro atoms. The third kappa shape index (κ3) is 3.96. The van der Waals surface area contributed by atoms with Crippen molar-refractivity contribution in [1.82, 2.24) is 0 Å². The zero-order chi connectivity index (χ0) is 12.8. The summed E-state index contributed by atoms with van der Waals surface area (Å²) < 4.78 is 12.9. The van der Waals surface area contributed by atoms with E-state index in [0.29, 0.717) is 12.1 Å². The number of hydrogen-bond acceptors (Lipinski definition) is 2. The van der Waals surface area contributed by atoms with Crippen molar-refractivity contribution in [1.29, 1.82) is 0 Å². The second kappa shape index (κ2) is 6.31. The summed E-state index contributed by atoms with van der Waals surface area (Å²) in [6.07, 6.45) is 2.17. The van der Waals surface area contributed by atoms with Gasteiger partial charge in [-0.05, 0) is 42.5 Å². The van der Waals surface area contributed by atoms with Gasteiger partial charge in [0.1, 0.15) is 5.82 Å². The molecule has 0 radical (unpaired) electrons. The number of rotatable bonds is 5. The molecule has 1 aromatic carbocycles. The highest BCUT2D eigenvalue weighted by Crippen LogP contribution is 2.13. The molecule has 0 aliphatic carbocycles. The third-order valence-corrected chi connectivity index (χ3v) is 3.45. The van der Waals surface area contributed by atoms with Crippen molar-refractivity contribution >= 4 is 22.9 Å². The molecule has 2 aromatic rings. The highest BCUT2D eigenvalue weighted by atomic mass is 32.1. The van der Waals surface area contributed by atoms with E-state index in [4.69, 9.17) is 0 Å². The van der Waals surface area contributed by atoms with E-state index >= 15 is 0 Å². The molecule has 0 bridgehead atoms. The maximum Gasteiger partial charge on any atom is 0.224 e. The largest absolute Gasteiger partial charge is 0.326 e. The third-order valence-electron chi connectivity index (χ3n) is 2.52. The Bertz CT molecular complexity index is 510. The molecule has 2 nitrogen and oxygen atoms in total. The molecule has 0 atom stereocenters. The Morgan fingerprint density at radius 2 is 2.17 bits per heavy atom. The van der Waals surface area contributed by atoms with Crippen LogP contribution in [0.2, 0.25) is 0 Å². The molecule has 94 valence electrons. The standard InChI is InChI=1S/C14H14FNOS/c15-11-4-1-5-12(10-11)16-14(17)8-2-6-13-7-3-9-18-13/h1,3-5,7,9-10H,2,6,8H2,(H,16,17). The van der Waals surface area contributed by atoms with Crippen LogP contribution in [0, 0.1) is 5.82 Å². The van der Waals surface area contributed by atoms with E-state index in [9.17, 15) is 9.18 Å². The summed E-state index contributed by atoms with van der Waals surface area (Å²) in [5.41, 5.74) is 0.510. The average Bonchev–Trinajstić information content (AvgIpc) is 2.82. The van der Waals surface area contributed by atoms with E-state index in [2.05, 4.69) is 11.4 Å². The quantitative estimate of drug-likeness (QED) is 0.872. The molecule has 0 unspecified atom stereocenters. The van der Waals surface area contributed by atoms with Gasteiger partial charge in [0, 0.05) is 17.0 Å². The van der Waals surface area contributed by atoms with Crippen molar-refractivity contribution in [3.05, 3.63) is 52.5 Å². The second-order valence-electron chi connectivity index (χ2n) is 3.99. The number of thiophene rings is 1. The zero-order valence-corrected chi connectivity index (χ0v) is 10.7. The molecule has 0 fully saturated rings. The number of carbonyl (C=O) groups is 1. The van der Waals surface area contributed by atoms with E-state index < -0.39 is 0 Å². The van der Waals surface area contributed by atoms with Crippen molar-refractivity contribution in [3.63, 3.8) is 0 Å². The van der Waals surface area contributed by atoms with Gasteiger partial charge in [0.2, 0.25) is 5.91 Å². The van der Waals surface area contributed by atoms with Crippen LogP contribution in [0.4, 0.5) is 10.1 Å². The van der Waals surface area contributed by atoms with Gasteiger partial charge in [-0.25, -0.2) is 4.39 Å². The maximum absolute atomic E-state index is 12.9. The Morgan fingerprint density at radius 3 is 2.89 bits per heavy atom. The number of halogens is 1. The lowest BCUT2D eigenvalue weighted by Gasteiger charge is -2.04. The van der Waals surface area contributed by atoms with Gasteiger partial charge in [-0.1, -0.05) is 12.1 Å². The maximum atomic E-state index is 12.9. The van der Waals surface area contributed by atoms with Crippen molar-refractivity contribution in [2.45, 2.75) is 19.3 Å². The fraction of sp³-hybridized carbons (Fsp3) is 0.214. The van der Waals surface area contributed by atoms with Gasteiger partial charge < -0.3 is 5.32 Å². The molecule has 1 aromatic heterocycles. The molecular formula is C14H14FNOS. The van der Waals surface area contributed by atoms with Crippen LogP contribution < -0.4 is 5.32 Å². The van der Waals surface area contributed by atoms with Gasteiger partial charge >= 0.3 is 0 Å². The lowest BCUT2D eigenvalue weighted by atomic mass is 10.2. The summed E-state index contributed by atoms with van der Waals surface area (Å²) in [6.45, 7) is 0. The summed E-state index contributed by atoms with van der Waals surface area (Å²) in [6, 6.07) is 10.0. The van der Waals surface area contributed by atoms with E-state index in [1.807, 2.05) is 11.4 Å². The van der Waals surface area contributed by atoms with Crippen LogP contribution in [0.1, 0.15) is 17.7 Å². The first-order chi connectivity index (χ1) is 8.74. The fourth-order valence-corrected chi connectivity index (χ4v) is 2.42. The molecule has 0 aliphatic rings. The molecule has 0 saturated carbocycles. The molecule has 1 amide bonds. The van der Waals surface area contributed by atoms with Gasteiger partial charge in [0.25, 0.3) is 0 Å². The van der Waals surface area contributed by atoms with Crippen LogP contribution in [-0.2, 0) is 11.2 Å². The molecule has 1 N–H and O–H groups in total. The molecule has 4 heteroatoms. The van der Waals surface area contributed by atoms with Crippen LogP contribution in [0.25, 0.3) is 0 Å². The first kappa shape index (κ1) is 12.8. The zero-order valence-electron chi connectivity index (χ0n) is 9.86. The number of anilines is 1. The molecule has 1 heterocycles. The lowest BCUT2D eigenvalue weighted by molar-refractivity contribution is -0.116. The number of amides is 1. The van der Waals surface area contributed by atoms with E-state index in [-0.39, 0.29) is 11.7 Å². The predicted octanol–water partition coefficient (Wildman–Crippen LogP) is 3.85. The fourth-order valence-electron chi connectivity index (χ4n) is 1.67. The molecule has 2 rings (SSSR count). The summed E-state index contributed by atoms with van der Waals surface area (Å²) in [5.74, 6) is -0.413. The van der Waals surface area contributed by atoms with Crippen LogP contribution in [0.15, 0.2) is 41.8 Å². The highest BCUT2D eigenvalue weighted by Gasteiger charge is 2.03. The van der Waals surface area contributed by atoms with Crippen molar-refractivity contribution in [2.75, 3.05) is 5.32 Å². The number of carbonyl (C=O) groups excluding carboxylic acids is 1. The first-order valence-corrected chi connectivity index (χ1v) is 6.70. The van der Waals surface area contributed by atoms with Crippen LogP contribution in [0.3, 0.4) is 0 Å². The van der Waals surface area contributed by atoms with Crippen molar-refractivity contribution in [2.24, 2.45) is 0 Å². The average molecular weight is 263 g/mol. The lowest BCUT2D eigenvalue weighted by Crippen LogP contribution is -2.11. The smallest absolute Gasteiger partial charge is 0.224 e. The van der Waals surface area contributed by atoms with Crippen LogP contribution >= 0.6 is 11.3 Å². The van der Waals surface area contributed by atoms with E-state index in [1.54, 1.807) is 23.5 Å². The normalized spacial score (nSPS) is 10.3. The minimum atomic E-state index is -0.341. The number of aryl methyl sites for hydroxylation is 1. The Hall–Kier alpha value is -1.68.